The van der Waals surface area contributed by atoms with Gasteiger partial charge < -0.3 is 16.0 Å². The van der Waals surface area contributed by atoms with Crippen LogP contribution in [-0.2, 0) is 9.59 Å². The molecule has 2 amide bonds. The third kappa shape index (κ3) is 2.62. The minimum Gasteiger partial charge on any atom is -0.368 e. The van der Waals surface area contributed by atoms with Gasteiger partial charge in [-0.05, 0) is 6.26 Å². The average molecular weight is 217 g/mol. The Kier molecular flexibility index (Phi) is 4.21. The highest BCUT2D eigenvalue weighted by Gasteiger charge is 2.29. The number of nitrogens with zero attached hydrogens (tertiary/aromatic N) is 1. The molecule has 0 radical (unpaired) electrons. The van der Waals surface area contributed by atoms with Crippen molar-refractivity contribution in [1.82, 2.24) is 10.2 Å². The Labute approximate surface area is 87.4 Å². The van der Waals surface area contributed by atoms with Gasteiger partial charge in [0.05, 0.1) is 5.75 Å². The van der Waals surface area contributed by atoms with Gasteiger partial charge in [0.1, 0.15) is 6.04 Å². The van der Waals surface area contributed by atoms with Crippen molar-refractivity contribution in [2.24, 2.45) is 5.73 Å². The van der Waals surface area contributed by atoms with E-state index >= 15 is 0 Å². The van der Waals surface area contributed by atoms with Gasteiger partial charge in [-0.25, -0.2) is 0 Å². The maximum Gasteiger partial charge on any atom is 0.241 e. The number of hydrogen-bond acceptors (Lipinski definition) is 4. The third-order valence-electron chi connectivity index (χ3n) is 2.16. The van der Waals surface area contributed by atoms with Crippen molar-refractivity contribution in [1.29, 1.82) is 0 Å². The summed E-state index contributed by atoms with van der Waals surface area (Å²) in [6.07, 6.45) is 1.86. The quantitative estimate of drug-likeness (QED) is 0.612. The summed E-state index contributed by atoms with van der Waals surface area (Å²) in [4.78, 5) is 24.2. The minimum absolute atomic E-state index is 0.0113. The van der Waals surface area contributed by atoms with E-state index < -0.39 is 11.9 Å². The molecule has 1 rings (SSSR count). The molecule has 0 aromatic heterocycles. The van der Waals surface area contributed by atoms with Crippen LogP contribution in [0.5, 0.6) is 0 Å². The first-order valence-corrected chi connectivity index (χ1v) is 5.84. The second-order valence-corrected chi connectivity index (χ2v) is 4.01. The zero-order valence-corrected chi connectivity index (χ0v) is 8.97. The third-order valence-corrected chi connectivity index (χ3v) is 2.70. The summed E-state index contributed by atoms with van der Waals surface area (Å²) in [5.41, 5.74) is 5.21. The molecule has 0 aromatic rings. The second-order valence-electron chi connectivity index (χ2n) is 3.14. The Morgan fingerprint density at radius 3 is 2.93 bits per heavy atom. The second kappa shape index (κ2) is 5.21. The fraction of sp³-hybridized carbons (Fsp3) is 0.750. The fourth-order valence-corrected chi connectivity index (χ4v) is 1.88. The number of amides is 2. The fourth-order valence-electron chi connectivity index (χ4n) is 1.46. The van der Waals surface area contributed by atoms with Crippen molar-refractivity contribution in [2.75, 3.05) is 31.6 Å². The number of piperazine rings is 1. The Bertz CT molecular complexity index is 235. The number of rotatable bonds is 3. The molecule has 1 unspecified atom stereocenters. The molecule has 14 heavy (non-hydrogen) atoms. The van der Waals surface area contributed by atoms with Gasteiger partial charge >= 0.3 is 0 Å². The average Bonchev–Trinajstić information content (AvgIpc) is 2.18. The number of carbonyl (C=O) groups excluding carboxylic acids is 2. The maximum absolute atomic E-state index is 11.6. The van der Waals surface area contributed by atoms with Crippen molar-refractivity contribution in [3.63, 3.8) is 0 Å². The van der Waals surface area contributed by atoms with Gasteiger partial charge in [-0.2, -0.15) is 11.8 Å². The number of primary amides is 1. The molecule has 5 nitrogen and oxygen atoms in total. The Balaban J connectivity index is 2.62. The van der Waals surface area contributed by atoms with Crippen LogP contribution in [0.25, 0.3) is 0 Å². The summed E-state index contributed by atoms with van der Waals surface area (Å²) in [6, 6.07) is -0.483. The molecule has 6 heteroatoms. The highest BCUT2D eigenvalue weighted by Crippen LogP contribution is 2.06. The van der Waals surface area contributed by atoms with Crippen LogP contribution >= 0.6 is 11.8 Å². The molecule has 1 aliphatic heterocycles. The molecule has 0 aromatic carbocycles. The molecule has 1 atom stereocenters. The smallest absolute Gasteiger partial charge is 0.241 e. The lowest BCUT2D eigenvalue weighted by molar-refractivity contribution is -0.138. The van der Waals surface area contributed by atoms with Crippen molar-refractivity contribution in [3.05, 3.63) is 0 Å². The summed E-state index contributed by atoms with van der Waals surface area (Å²) in [5, 5.41) is 3.04. The van der Waals surface area contributed by atoms with E-state index in [4.69, 9.17) is 5.73 Å². The lowest BCUT2D eigenvalue weighted by Crippen LogP contribution is -2.59. The zero-order chi connectivity index (χ0) is 10.6. The molecule has 1 aliphatic rings. The van der Waals surface area contributed by atoms with Crippen molar-refractivity contribution in [3.8, 4) is 0 Å². The largest absolute Gasteiger partial charge is 0.368 e. The Hall–Kier alpha value is -0.750. The standard InChI is InChI=1S/C8H15N3O2S/c1-14-5-7(12)11-3-2-10-4-6(11)8(9)13/h6,10H,2-5H2,1H3,(H2,9,13). The number of thioether (sulfide) groups is 1. The van der Waals surface area contributed by atoms with Crippen molar-refractivity contribution >= 4 is 23.6 Å². The molecule has 1 saturated heterocycles. The van der Waals surface area contributed by atoms with Gasteiger partial charge in [0.25, 0.3) is 0 Å². The predicted molar refractivity (Wildman–Crippen MR) is 55.9 cm³/mol. The van der Waals surface area contributed by atoms with Crippen LogP contribution in [0.1, 0.15) is 0 Å². The summed E-state index contributed by atoms with van der Waals surface area (Å²) in [5.74, 6) is -0.0431. The normalized spacial score (nSPS) is 22.1. The molecule has 1 heterocycles. The van der Waals surface area contributed by atoms with Gasteiger partial charge in [0.15, 0.2) is 0 Å². The molecule has 0 aliphatic carbocycles. The van der Waals surface area contributed by atoms with E-state index in [-0.39, 0.29) is 5.91 Å². The van der Waals surface area contributed by atoms with Crippen molar-refractivity contribution < 1.29 is 9.59 Å². The topological polar surface area (TPSA) is 75.4 Å². The minimum atomic E-state index is -0.483. The van der Waals surface area contributed by atoms with Gasteiger partial charge in [-0.15, -0.1) is 0 Å². The van der Waals surface area contributed by atoms with Crippen molar-refractivity contribution in [2.45, 2.75) is 6.04 Å². The van der Waals surface area contributed by atoms with Crippen LogP contribution < -0.4 is 11.1 Å². The van der Waals surface area contributed by atoms with Gasteiger partial charge in [0, 0.05) is 19.6 Å². The van der Waals surface area contributed by atoms with E-state index in [0.717, 1.165) is 6.54 Å². The van der Waals surface area contributed by atoms with Crippen LogP contribution in [0.4, 0.5) is 0 Å². The SMILES string of the molecule is CSCC(=O)N1CCNCC1C(N)=O. The molecule has 0 saturated carbocycles. The van der Waals surface area contributed by atoms with Crippen LogP contribution in [0.15, 0.2) is 0 Å². The molecule has 0 bridgehead atoms. The van der Waals surface area contributed by atoms with Crippen LogP contribution in [0.3, 0.4) is 0 Å². The number of carbonyl (C=O) groups is 2. The summed E-state index contributed by atoms with van der Waals surface area (Å²) < 4.78 is 0. The first-order chi connectivity index (χ1) is 6.66. The number of nitrogens with one attached hydrogen (secondary N) is 1. The van der Waals surface area contributed by atoms with E-state index in [9.17, 15) is 9.59 Å². The molecule has 3 N–H and O–H groups in total. The van der Waals surface area contributed by atoms with E-state index in [2.05, 4.69) is 5.32 Å². The highest BCUT2D eigenvalue weighted by molar-refractivity contribution is 7.99. The molecule has 80 valence electrons. The lowest BCUT2D eigenvalue weighted by Gasteiger charge is -2.34. The molecular formula is C8H15N3O2S. The highest BCUT2D eigenvalue weighted by atomic mass is 32.2. The van der Waals surface area contributed by atoms with E-state index in [0.29, 0.717) is 18.8 Å². The lowest BCUT2D eigenvalue weighted by atomic mass is 10.2. The van der Waals surface area contributed by atoms with Crippen LogP contribution in [-0.4, -0.2) is 54.4 Å². The first kappa shape index (κ1) is 11.3. The summed E-state index contributed by atoms with van der Waals surface area (Å²) >= 11 is 1.45. The first-order valence-electron chi connectivity index (χ1n) is 4.45. The predicted octanol–water partition coefficient (Wildman–Crippen LogP) is -1.36. The zero-order valence-electron chi connectivity index (χ0n) is 8.16. The van der Waals surface area contributed by atoms with Gasteiger partial charge in [-0.1, -0.05) is 0 Å². The number of nitrogens with two attached hydrogens (primary N) is 1. The van der Waals surface area contributed by atoms with Gasteiger partial charge in [-0.3, -0.25) is 9.59 Å². The number of hydrogen-bond donors (Lipinski definition) is 2. The van der Waals surface area contributed by atoms with Crippen LogP contribution in [0.2, 0.25) is 0 Å². The van der Waals surface area contributed by atoms with E-state index in [1.165, 1.54) is 11.8 Å². The van der Waals surface area contributed by atoms with E-state index in [1.54, 1.807) is 4.90 Å². The van der Waals surface area contributed by atoms with Gasteiger partial charge in [0.2, 0.25) is 11.8 Å². The van der Waals surface area contributed by atoms with E-state index in [1.807, 2.05) is 6.26 Å². The van der Waals surface area contributed by atoms with Crippen LogP contribution in [0, 0.1) is 0 Å². The summed E-state index contributed by atoms with van der Waals surface area (Å²) in [6.45, 7) is 1.76. The monoisotopic (exact) mass is 217 g/mol. The summed E-state index contributed by atoms with van der Waals surface area (Å²) in [7, 11) is 0. The molecule has 0 spiro atoms. The Morgan fingerprint density at radius 2 is 2.36 bits per heavy atom. The molecule has 1 fully saturated rings. The molecular weight excluding hydrogens is 202 g/mol. The Morgan fingerprint density at radius 1 is 1.64 bits per heavy atom. The maximum atomic E-state index is 11.6.